The highest BCUT2D eigenvalue weighted by Crippen LogP contribution is 2.19. The summed E-state index contributed by atoms with van der Waals surface area (Å²) in [6, 6.07) is 11.7. The van der Waals surface area contributed by atoms with Crippen LogP contribution in [0.4, 0.5) is 0 Å². The second-order valence-electron chi connectivity index (χ2n) is 5.45. The van der Waals surface area contributed by atoms with E-state index in [0.717, 1.165) is 36.1 Å². The van der Waals surface area contributed by atoms with Crippen LogP contribution >= 0.6 is 0 Å². The first-order chi connectivity index (χ1) is 11.5. The van der Waals surface area contributed by atoms with Crippen molar-refractivity contribution in [2.24, 2.45) is 0 Å². The number of para-hydroxylation sites is 1. The first-order valence-corrected chi connectivity index (χ1v) is 9.69. The Morgan fingerprint density at radius 1 is 1.12 bits per heavy atom. The van der Waals surface area contributed by atoms with Crippen LogP contribution in [0, 0.1) is 0 Å². The van der Waals surface area contributed by atoms with E-state index in [1.807, 2.05) is 36.4 Å². The number of benzene rings is 1. The van der Waals surface area contributed by atoms with Crippen molar-refractivity contribution < 1.29 is 13.2 Å². The number of hydrogen-bond donors (Lipinski definition) is 2. The van der Waals surface area contributed by atoms with Gasteiger partial charge in [-0.05, 0) is 25.1 Å². The predicted molar refractivity (Wildman–Crippen MR) is 94.2 cm³/mol. The SMILES string of the molecule is CS(=O)(=O)NCCCNCc1ccccc1OCc1cccnc1. The number of hydrogen-bond acceptors (Lipinski definition) is 5. The minimum absolute atomic E-state index is 0.436. The van der Waals surface area contributed by atoms with Crippen LogP contribution < -0.4 is 14.8 Å². The van der Waals surface area contributed by atoms with Crippen LogP contribution in [0.15, 0.2) is 48.8 Å². The minimum Gasteiger partial charge on any atom is -0.489 e. The topological polar surface area (TPSA) is 80.3 Å². The van der Waals surface area contributed by atoms with Crippen molar-refractivity contribution >= 4 is 10.0 Å². The molecule has 0 radical (unpaired) electrons. The number of pyridine rings is 1. The molecular formula is C17H23N3O3S. The summed E-state index contributed by atoms with van der Waals surface area (Å²) in [7, 11) is -3.11. The molecule has 1 aromatic carbocycles. The molecule has 0 saturated heterocycles. The van der Waals surface area contributed by atoms with Crippen LogP contribution in [0.1, 0.15) is 17.5 Å². The molecule has 0 saturated carbocycles. The third kappa shape index (κ3) is 7.08. The molecule has 0 aliphatic carbocycles. The Labute approximate surface area is 143 Å². The Kier molecular flexibility index (Phi) is 7.17. The largest absolute Gasteiger partial charge is 0.489 e. The van der Waals surface area contributed by atoms with Crippen LogP contribution in [0.2, 0.25) is 0 Å². The van der Waals surface area contributed by atoms with Crippen molar-refractivity contribution in [2.75, 3.05) is 19.3 Å². The molecule has 0 bridgehead atoms. The fourth-order valence-corrected chi connectivity index (χ4v) is 2.64. The molecule has 1 heterocycles. The Morgan fingerprint density at radius 3 is 2.71 bits per heavy atom. The Hall–Kier alpha value is -1.96. The Morgan fingerprint density at radius 2 is 1.96 bits per heavy atom. The highest BCUT2D eigenvalue weighted by Gasteiger charge is 2.04. The summed E-state index contributed by atoms with van der Waals surface area (Å²) in [5.74, 6) is 0.836. The van der Waals surface area contributed by atoms with Crippen LogP contribution in [0.25, 0.3) is 0 Å². The number of nitrogens with zero attached hydrogens (tertiary/aromatic N) is 1. The lowest BCUT2D eigenvalue weighted by Gasteiger charge is -2.12. The third-order valence-corrected chi connectivity index (χ3v) is 4.03. The average molecular weight is 349 g/mol. The smallest absolute Gasteiger partial charge is 0.208 e. The van der Waals surface area contributed by atoms with Crippen molar-refractivity contribution in [2.45, 2.75) is 19.6 Å². The molecule has 2 aromatic rings. The summed E-state index contributed by atoms with van der Waals surface area (Å²) < 4.78 is 30.3. The van der Waals surface area contributed by atoms with Gasteiger partial charge in [-0.25, -0.2) is 13.1 Å². The first kappa shape index (κ1) is 18.4. The Balaban J connectivity index is 1.77. The second-order valence-corrected chi connectivity index (χ2v) is 7.29. The van der Waals surface area contributed by atoms with Gasteiger partial charge in [0.15, 0.2) is 0 Å². The Bertz CT molecular complexity index is 721. The summed E-state index contributed by atoms with van der Waals surface area (Å²) in [6.07, 6.45) is 5.41. The molecule has 0 aliphatic heterocycles. The van der Waals surface area contributed by atoms with Gasteiger partial charge < -0.3 is 10.1 Å². The lowest BCUT2D eigenvalue weighted by atomic mass is 10.2. The van der Waals surface area contributed by atoms with Gasteiger partial charge in [-0.3, -0.25) is 4.98 Å². The van der Waals surface area contributed by atoms with Crippen molar-refractivity contribution in [3.05, 3.63) is 59.9 Å². The number of nitrogens with one attached hydrogen (secondary N) is 2. The molecule has 0 fully saturated rings. The van der Waals surface area contributed by atoms with E-state index in [9.17, 15) is 8.42 Å². The van der Waals surface area contributed by atoms with Gasteiger partial charge in [0, 0.05) is 36.6 Å². The summed E-state index contributed by atoms with van der Waals surface area (Å²) in [6.45, 7) is 2.30. The number of aromatic nitrogens is 1. The molecule has 2 N–H and O–H groups in total. The van der Waals surface area contributed by atoms with Gasteiger partial charge >= 0.3 is 0 Å². The average Bonchev–Trinajstić information content (AvgIpc) is 2.57. The predicted octanol–water partition coefficient (Wildman–Crippen LogP) is 1.69. The van der Waals surface area contributed by atoms with Gasteiger partial charge in [0.25, 0.3) is 0 Å². The highest BCUT2D eigenvalue weighted by atomic mass is 32.2. The van der Waals surface area contributed by atoms with Gasteiger partial charge in [0.1, 0.15) is 12.4 Å². The fourth-order valence-electron chi connectivity index (χ4n) is 2.13. The maximum absolute atomic E-state index is 11.0. The van der Waals surface area contributed by atoms with E-state index in [0.29, 0.717) is 19.7 Å². The molecule has 0 aliphatic rings. The molecule has 6 nitrogen and oxygen atoms in total. The minimum atomic E-state index is -3.11. The monoisotopic (exact) mass is 349 g/mol. The first-order valence-electron chi connectivity index (χ1n) is 7.79. The molecule has 2 rings (SSSR count). The van der Waals surface area contributed by atoms with E-state index >= 15 is 0 Å². The van der Waals surface area contributed by atoms with E-state index in [4.69, 9.17) is 4.74 Å². The number of ether oxygens (including phenoxy) is 1. The lowest BCUT2D eigenvalue weighted by molar-refractivity contribution is 0.301. The van der Waals surface area contributed by atoms with E-state index in [-0.39, 0.29) is 0 Å². The zero-order chi connectivity index (χ0) is 17.3. The second kappa shape index (κ2) is 9.36. The molecule has 24 heavy (non-hydrogen) atoms. The maximum atomic E-state index is 11.0. The molecule has 0 amide bonds. The molecular weight excluding hydrogens is 326 g/mol. The van der Waals surface area contributed by atoms with Crippen LogP contribution in [0.3, 0.4) is 0 Å². The van der Waals surface area contributed by atoms with Crippen molar-refractivity contribution in [1.82, 2.24) is 15.0 Å². The van der Waals surface area contributed by atoms with Gasteiger partial charge in [-0.2, -0.15) is 0 Å². The zero-order valence-electron chi connectivity index (χ0n) is 13.7. The summed E-state index contributed by atoms with van der Waals surface area (Å²) in [5, 5.41) is 3.30. The van der Waals surface area contributed by atoms with Gasteiger partial charge in [0.05, 0.1) is 6.26 Å². The maximum Gasteiger partial charge on any atom is 0.208 e. The molecule has 0 unspecified atom stereocenters. The van der Waals surface area contributed by atoms with E-state index < -0.39 is 10.0 Å². The normalized spacial score (nSPS) is 11.4. The molecule has 130 valence electrons. The molecule has 7 heteroatoms. The number of sulfonamides is 1. The summed E-state index contributed by atoms with van der Waals surface area (Å²) in [4.78, 5) is 4.07. The quantitative estimate of drug-likeness (QED) is 0.638. The van der Waals surface area contributed by atoms with E-state index in [1.54, 1.807) is 12.4 Å². The van der Waals surface area contributed by atoms with Crippen molar-refractivity contribution in [3.8, 4) is 5.75 Å². The van der Waals surface area contributed by atoms with Crippen LogP contribution in [-0.2, 0) is 23.2 Å². The summed E-state index contributed by atoms with van der Waals surface area (Å²) >= 11 is 0. The van der Waals surface area contributed by atoms with E-state index in [2.05, 4.69) is 15.0 Å². The van der Waals surface area contributed by atoms with Crippen LogP contribution in [0.5, 0.6) is 5.75 Å². The highest BCUT2D eigenvalue weighted by molar-refractivity contribution is 7.88. The van der Waals surface area contributed by atoms with Crippen molar-refractivity contribution in [3.63, 3.8) is 0 Å². The molecule has 0 spiro atoms. The van der Waals surface area contributed by atoms with Crippen LogP contribution in [-0.4, -0.2) is 32.7 Å². The van der Waals surface area contributed by atoms with Gasteiger partial charge in [-0.15, -0.1) is 0 Å². The van der Waals surface area contributed by atoms with Crippen molar-refractivity contribution in [1.29, 1.82) is 0 Å². The third-order valence-electron chi connectivity index (χ3n) is 3.30. The van der Waals surface area contributed by atoms with Gasteiger partial charge in [-0.1, -0.05) is 24.3 Å². The fraction of sp³-hybridized carbons (Fsp3) is 0.353. The summed E-state index contributed by atoms with van der Waals surface area (Å²) in [5.41, 5.74) is 2.09. The van der Waals surface area contributed by atoms with Gasteiger partial charge in [0.2, 0.25) is 10.0 Å². The number of rotatable bonds is 10. The lowest BCUT2D eigenvalue weighted by Crippen LogP contribution is -2.26. The zero-order valence-corrected chi connectivity index (χ0v) is 14.6. The van der Waals surface area contributed by atoms with E-state index in [1.165, 1.54) is 0 Å². The molecule has 0 atom stereocenters. The standard InChI is InChI=1S/C17H23N3O3S/c1-24(21,22)20-11-5-10-19-13-16-7-2-3-8-17(16)23-14-15-6-4-9-18-12-15/h2-4,6-9,12,19-20H,5,10-11,13-14H2,1H3. The molecule has 1 aromatic heterocycles.